The molecule has 1 aromatic heterocycles. The minimum Gasteiger partial charge on any atom is -0.338 e. The van der Waals surface area contributed by atoms with E-state index in [1.165, 1.54) is 18.4 Å². The Morgan fingerprint density at radius 2 is 2.22 bits per heavy atom. The third-order valence-electron chi connectivity index (χ3n) is 4.07. The molecule has 1 N–H and O–H groups in total. The molecule has 1 aliphatic heterocycles. The first-order valence-electron chi connectivity index (χ1n) is 6.87. The summed E-state index contributed by atoms with van der Waals surface area (Å²) in [6.45, 7) is 8.58. The molecule has 0 spiro atoms. The Balaban J connectivity index is 2.20. The molecule has 0 aliphatic carbocycles. The first-order valence-corrected chi connectivity index (χ1v) is 6.87. The van der Waals surface area contributed by atoms with Crippen molar-refractivity contribution in [2.24, 2.45) is 5.92 Å². The smallest absolute Gasteiger partial charge is 0.225 e. The van der Waals surface area contributed by atoms with E-state index in [1.807, 2.05) is 13.2 Å². The van der Waals surface area contributed by atoms with E-state index in [2.05, 4.69) is 41.0 Å². The van der Waals surface area contributed by atoms with Crippen LogP contribution in [0.15, 0.2) is 6.20 Å². The van der Waals surface area contributed by atoms with Gasteiger partial charge in [0, 0.05) is 36.6 Å². The topological polar surface area (TPSA) is 41.1 Å². The summed E-state index contributed by atoms with van der Waals surface area (Å²) in [6.07, 6.45) is 4.51. The zero-order chi connectivity index (χ0) is 13.1. The molecule has 1 aliphatic rings. The van der Waals surface area contributed by atoms with Crippen LogP contribution in [0.5, 0.6) is 0 Å². The zero-order valence-electron chi connectivity index (χ0n) is 11.9. The molecule has 1 aromatic rings. The molecule has 100 valence electrons. The molecular formula is C14H24N4. The van der Waals surface area contributed by atoms with Gasteiger partial charge in [0.2, 0.25) is 5.95 Å². The molecule has 18 heavy (non-hydrogen) atoms. The summed E-state index contributed by atoms with van der Waals surface area (Å²) in [4.78, 5) is 11.6. The minimum atomic E-state index is 0.535. The van der Waals surface area contributed by atoms with Crippen LogP contribution in [0.3, 0.4) is 0 Å². The van der Waals surface area contributed by atoms with Gasteiger partial charge in [-0.15, -0.1) is 0 Å². The molecular weight excluding hydrogens is 224 g/mol. The summed E-state index contributed by atoms with van der Waals surface area (Å²) in [6, 6.07) is 0.535. The van der Waals surface area contributed by atoms with Gasteiger partial charge in [0.15, 0.2) is 0 Å². The van der Waals surface area contributed by atoms with Gasteiger partial charge in [-0.3, -0.25) is 0 Å². The molecule has 4 heteroatoms. The van der Waals surface area contributed by atoms with E-state index in [0.29, 0.717) is 6.04 Å². The lowest BCUT2D eigenvalue weighted by molar-refractivity contribution is 0.359. The molecule has 2 atom stereocenters. The van der Waals surface area contributed by atoms with Crippen molar-refractivity contribution in [3.8, 4) is 0 Å². The van der Waals surface area contributed by atoms with Crippen molar-refractivity contribution in [3.05, 3.63) is 17.5 Å². The van der Waals surface area contributed by atoms with E-state index in [0.717, 1.165) is 30.6 Å². The maximum absolute atomic E-state index is 4.68. The van der Waals surface area contributed by atoms with Crippen LogP contribution in [0.2, 0.25) is 0 Å². The number of hydrogen-bond donors (Lipinski definition) is 1. The van der Waals surface area contributed by atoms with Crippen LogP contribution in [0.25, 0.3) is 0 Å². The fourth-order valence-electron chi connectivity index (χ4n) is 2.60. The lowest BCUT2D eigenvalue weighted by atomic mass is 9.92. The van der Waals surface area contributed by atoms with E-state index in [1.54, 1.807) is 0 Å². The fourth-order valence-corrected chi connectivity index (χ4v) is 2.60. The quantitative estimate of drug-likeness (QED) is 0.889. The Kier molecular flexibility index (Phi) is 4.17. The largest absolute Gasteiger partial charge is 0.338 e. The second-order valence-corrected chi connectivity index (χ2v) is 5.36. The van der Waals surface area contributed by atoms with Crippen LogP contribution in [-0.2, 0) is 6.54 Å². The number of rotatable bonds is 3. The van der Waals surface area contributed by atoms with Gasteiger partial charge in [-0.1, -0.05) is 6.92 Å². The summed E-state index contributed by atoms with van der Waals surface area (Å²) >= 11 is 0. The number of hydrogen-bond acceptors (Lipinski definition) is 4. The lowest BCUT2D eigenvalue weighted by Gasteiger charge is -2.38. The number of piperidine rings is 1. The molecule has 0 amide bonds. The molecule has 4 nitrogen and oxygen atoms in total. The van der Waals surface area contributed by atoms with Crippen molar-refractivity contribution in [3.63, 3.8) is 0 Å². The van der Waals surface area contributed by atoms with Crippen LogP contribution in [-0.4, -0.2) is 29.6 Å². The molecule has 0 aromatic carbocycles. The number of aryl methyl sites for hydroxylation is 1. The molecule has 2 unspecified atom stereocenters. The van der Waals surface area contributed by atoms with Crippen molar-refractivity contribution < 1.29 is 0 Å². The normalized spacial score (nSPS) is 24.3. The molecule has 2 heterocycles. The molecule has 1 saturated heterocycles. The lowest BCUT2D eigenvalue weighted by Crippen LogP contribution is -2.43. The molecule has 0 radical (unpaired) electrons. The summed E-state index contributed by atoms with van der Waals surface area (Å²) in [5.41, 5.74) is 2.26. The Morgan fingerprint density at radius 1 is 1.44 bits per heavy atom. The van der Waals surface area contributed by atoms with Gasteiger partial charge in [0.05, 0.1) is 0 Å². The van der Waals surface area contributed by atoms with Gasteiger partial charge in [-0.05, 0) is 39.7 Å². The van der Waals surface area contributed by atoms with E-state index < -0.39 is 0 Å². The molecule has 1 fully saturated rings. The number of nitrogens with zero attached hydrogens (tertiary/aromatic N) is 3. The SMILES string of the molecule is CNCc1cnc(N2CCCC(C)C2C)nc1C. The van der Waals surface area contributed by atoms with Gasteiger partial charge >= 0.3 is 0 Å². The van der Waals surface area contributed by atoms with Crippen molar-refractivity contribution in [2.75, 3.05) is 18.5 Å². The van der Waals surface area contributed by atoms with Crippen molar-refractivity contribution in [1.82, 2.24) is 15.3 Å². The van der Waals surface area contributed by atoms with Crippen LogP contribution >= 0.6 is 0 Å². The second-order valence-electron chi connectivity index (χ2n) is 5.36. The molecule has 2 rings (SSSR count). The third-order valence-corrected chi connectivity index (χ3v) is 4.07. The third kappa shape index (κ3) is 2.64. The van der Waals surface area contributed by atoms with Crippen LogP contribution in [0, 0.1) is 12.8 Å². The van der Waals surface area contributed by atoms with Gasteiger partial charge in [0.25, 0.3) is 0 Å². The maximum atomic E-state index is 4.68. The number of nitrogens with one attached hydrogen (secondary N) is 1. The van der Waals surface area contributed by atoms with Crippen molar-refractivity contribution >= 4 is 5.95 Å². The second kappa shape index (κ2) is 5.65. The average molecular weight is 248 g/mol. The first-order chi connectivity index (χ1) is 8.63. The first kappa shape index (κ1) is 13.3. The highest BCUT2D eigenvalue weighted by Crippen LogP contribution is 2.26. The Bertz CT molecular complexity index is 405. The van der Waals surface area contributed by atoms with Crippen LogP contribution in [0.4, 0.5) is 5.95 Å². The average Bonchev–Trinajstić information content (AvgIpc) is 2.35. The van der Waals surface area contributed by atoms with Crippen molar-refractivity contribution in [1.29, 1.82) is 0 Å². The number of anilines is 1. The van der Waals surface area contributed by atoms with E-state index in [9.17, 15) is 0 Å². The fraction of sp³-hybridized carbons (Fsp3) is 0.714. The van der Waals surface area contributed by atoms with Crippen molar-refractivity contribution in [2.45, 2.75) is 46.2 Å². The number of aromatic nitrogens is 2. The maximum Gasteiger partial charge on any atom is 0.225 e. The Labute approximate surface area is 110 Å². The van der Waals surface area contributed by atoms with E-state index in [-0.39, 0.29) is 0 Å². The van der Waals surface area contributed by atoms with Gasteiger partial charge in [-0.2, -0.15) is 0 Å². The van der Waals surface area contributed by atoms with E-state index in [4.69, 9.17) is 0 Å². The van der Waals surface area contributed by atoms with Crippen LogP contribution in [0.1, 0.15) is 37.9 Å². The van der Waals surface area contributed by atoms with Gasteiger partial charge in [0.1, 0.15) is 0 Å². The summed E-state index contributed by atoms with van der Waals surface area (Å²) in [7, 11) is 1.95. The highest BCUT2D eigenvalue weighted by molar-refractivity contribution is 5.35. The monoisotopic (exact) mass is 248 g/mol. The predicted octanol–water partition coefficient (Wildman–Crippen LogP) is 2.13. The summed E-state index contributed by atoms with van der Waals surface area (Å²) in [5, 5.41) is 3.15. The van der Waals surface area contributed by atoms with E-state index >= 15 is 0 Å². The van der Waals surface area contributed by atoms with Gasteiger partial charge in [-0.25, -0.2) is 9.97 Å². The zero-order valence-corrected chi connectivity index (χ0v) is 11.9. The predicted molar refractivity (Wildman–Crippen MR) is 74.7 cm³/mol. The minimum absolute atomic E-state index is 0.535. The summed E-state index contributed by atoms with van der Waals surface area (Å²) in [5.74, 6) is 1.62. The Morgan fingerprint density at radius 3 is 2.89 bits per heavy atom. The Hall–Kier alpha value is -1.16. The molecule has 0 saturated carbocycles. The van der Waals surface area contributed by atoms with Crippen LogP contribution < -0.4 is 10.2 Å². The molecule has 0 bridgehead atoms. The highest BCUT2D eigenvalue weighted by atomic mass is 15.3. The summed E-state index contributed by atoms with van der Waals surface area (Å²) < 4.78 is 0. The van der Waals surface area contributed by atoms with Gasteiger partial charge < -0.3 is 10.2 Å². The standard InChI is InChI=1S/C14H24N4/c1-10-6-5-7-18(12(10)3)14-16-9-13(8-15-4)11(2)17-14/h9-10,12,15H,5-8H2,1-4H3. The highest BCUT2D eigenvalue weighted by Gasteiger charge is 2.26.